The summed E-state index contributed by atoms with van der Waals surface area (Å²) >= 11 is 1.68. The van der Waals surface area contributed by atoms with E-state index in [1.807, 2.05) is 6.07 Å². The lowest BCUT2D eigenvalue weighted by Gasteiger charge is -2.36. The van der Waals surface area contributed by atoms with E-state index in [0.717, 1.165) is 29.3 Å². The SMILES string of the molecule is CN1C2CCC1CC(NC(=O)c1n[nH]c3ccc(-c4ccsc4)cc13)C2. The Morgan fingerprint density at radius 3 is 2.77 bits per heavy atom. The van der Waals surface area contributed by atoms with E-state index >= 15 is 0 Å². The van der Waals surface area contributed by atoms with Crippen LogP contribution in [0.25, 0.3) is 22.0 Å². The van der Waals surface area contributed by atoms with Gasteiger partial charge in [-0.3, -0.25) is 9.89 Å². The Morgan fingerprint density at radius 2 is 2.04 bits per heavy atom. The molecule has 134 valence electrons. The van der Waals surface area contributed by atoms with Crippen molar-refractivity contribution in [3.05, 3.63) is 40.7 Å². The third kappa shape index (κ3) is 2.64. The highest BCUT2D eigenvalue weighted by Crippen LogP contribution is 2.34. The number of aromatic nitrogens is 2. The standard InChI is InChI=1S/C20H22N4OS/c1-24-15-3-4-16(24)10-14(9-15)21-20(25)19-17-8-12(13-6-7-26-11-13)2-5-18(17)22-23-19/h2,5-8,11,14-16H,3-4,9-10H2,1H3,(H,21,25)(H,22,23). The Balaban J connectivity index is 1.40. The average Bonchev–Trinajstić information content (AvgIpc) is 3.34. The second-order valence-electron chi connectivity index (χ2n) is 7.54. The molecule has 2 aromatic heterocycles. The molecule has 0 aliphatic carbocycles. The molecule has 2 N–H and O–H groups in total. The molecule has 2 unspecified atom stereocenters. The lowest BCUT2D eigenvalue weighted by molar-refractivity contribution is 0.0879. The number of benzene rings is 1. The van der Waals surface area contributed by atoms with Gasteiger partial charge in [0.2, 0.25) is 0 Å². The summed E-state index contributed by atoms with van der Waals surface area (Å²) in [6.45, 7) is 0. The maximum absolute atomic E-state index is 12.9. The van der Waals surface area contributed by atoms with Crippen molar-refractivity contribution in [2.75, 3.05) is 7.05 Å². The summed E-state index contributed by atoms with van der Waals surface area (Å²) in [6.07, 6.45) is 4.59. The molecule has 2 saturated heterocycles. The van der Waals surface area contributed by atoms with E-state index in [-0.39, 0.29) is 11.9 Å². The van der Waals surface area contributed by atoms with Crippen LogP contribution in [0.5, 0.6) is 0 Å². The number of nitrogens with one attached hydrogen (secondary N) is 2. The number of hydrogen-bond donors (Lipinski definition) is 2. The fourth-order valence-electron chi connectivity index (χ4n) is 4.58. The Labute approximate surface area is 156 Å². The number of amides is 1. The van der Waals surface area contributed by atoms with Gasteiger partial charge in [-0.15, -0.1) is 0 Å². The molecule has 26 heavy (non-hydrogen) atoms. The Kier molecular flexibility index (Phi) is 3.83. The van der Waals surface area contributed by atoms with Gasteiger partial charge >= 0.3 is 0 Å². The summed E-state index contributed by atoms with van der Waals surface area (Å²) in [5.74, 6) is -0.0623. The number of rotatable bonds is 3. The van der Waals surface area contributed by atoms with Crippen LogP contribution < -0.4 is 5.32 Å². The molecule has 0 spiro atoms. The van der Waals surface area contributed by atoms with Crippen molar-refractivity contribution in [3.8, 4) is 11.1 Å². The van der Waals surface area contributed by atoms with Crippen LogP contribution in [0.15, 0.2) is 35.0 Å². The molecule has 2 aliphatic heterocycles. The molecular formula is C20H22N4OS. The second kappa shape index (κ2) is 6.21. The third-order valence-electron chi connectivity index (χ3n) is 6.07. The molecular weight excluding hydrogens is 344 g/mol. The molecule has 2 bridgehead atoms. The van der Waals surface area contributed by atoms with Gasteiger partial charge in [0.15, 0.2) is 5.69 Å². The van der Waals surface area contributed by atoms with E-state index < -0.39 is 0 Å². The minimum atomic E-state index is -0.0623. The lowest BCUT2D eigenvalue weighted by Crippen LogP contribution is -2.48. The quantitative estimate of drug-likeness (QED) is 0.744. The van der Waals surface area contributed by atoms with E-state index in [2.05, 4.69) is 56.4 Å². The highest BCUT2D eigenvalue weighted by atomic mass is 32.1. The van der Waals surface area contributed by atoms with Gasteiger partial charge in [-0.05, 0) is 72.8 Å². The van der Waals surface area contributed by atoms with Crippen molar-refractivity contribution in [2.24, 2.45) is 0 Å². The summed E-state index contributed by atoms with van der Waals surface area (Å²) in [5, 5.41) is 15.6. The zero-order valence-electron chi connectivity index (χ0n) is 14.7. The smallest absolute Gasteiger partial charge is 0.272 e. The number of carbonyl (C=O) groups excluding carboxylic acids is 1. The Bertz CT molecular complexity index is 934. The van der Waals surface area contributed by atoms with Gasteiger partial charge in [0.05, 0.1) is 5.52 Å². The number of aromatic amines is 1. The fraction of sp³-hybridized carbons (Fsp3) is 0.400. The molecule has 2 atom stereocenters. The van der Waals surface area contributed by atoms with Crippen LogP contribution in [0, 0.1) is 0 Å². The zero-order valence-corrected chi connectivity index (χ0v) is 15.6. The summed E-state index contributed by atoms with van der Waals surface area (Å²) in [7, 11) is 2.22. The van der Waals surface area contributed by atoms with Gasteiger partial charge in [-0.2, -0.15) is 16.4 Å². The van der Waals surface area contributed by atoms with E-state index in [1.54, 1.807) is 11.3 Å². The first-order valence-electron chi connectivity index (χ1n) is 9.22. The fourth-order valence-corrected chi connectivity index (χ4v) is 5.24. The lowest BCUT2D eigenvalue weighted by atomic mass is 9.97. The van der Waals surface area contributed by atoms with Gasteiger partial charge in [-0.1, -0.05) is 6.07 Å². The second-order valence-corrected chi connectivity index (χ2v) is 8.32. The molecule has 3 aromatic rings. The van der Waals surface area contributed by atoms with Crippen molar-refractivity contribution < 1.29 is 4.79 Å². The summed E-state index contributed by atoms with van der Waals surface area (Å²) in [4.78, 5) is 15.4. The maximum atomic E-state index is 12.9. The molecule has 0 radical (unpaired) electrons. The van der Waals surface area contributed by atoms with E-state index in [1.165, 1.54) is 18.4 Å². The first-order chi connectivity index (χ1) is 12.7. The largest absolute Gasteiger partial charge is 0.348 e. The van der Waals surface area contributed by atoms with Gasteiger partial charge in [-0.25, -0.2) is 0 Å². The number of carbonyl (C=O) groups is 1. The molecule has 1 amide bonds. The van der Waals surface area contributed by atoms with Crippen molar-refractivity contribution in [2.45, 2.75) is 43.8 Å². The van der Waals surface area contributed by atoms with Crippen molar-refractivity contribution in [1.82, 2.24) is 20.4 Å². The normalized spacial score (nSPS) is 25.7. The molecule has 6 heteroatoms. The Hall–Kier alpha value is -2.18. The van der Waals surface area contributed by atoms with Gasteiger partial charge in [0.1, 0.15) is 0 Å². The van der Waals surface area contributed by atoms with E-state index in [0.29, 0.717) is 17.8 Å². The monoisotopic (exact) mass is 366 g/mol. The highest BCUT2D eigenvalue weighted by molar-refractivity contribution is 7.08. The number of H-pyrrole nitrogens is 1. The molecule has 1 aromatic carbocycles. The van der Waals surface area contributed by atoms with Crippen LogP contribution in [0.1, 0.15) is 36.2 Å². The van der Waals surface area contributed by atoms with Crippen LogP contribution in [0.4, 0.5) is 0 Å². The zero-order chi connectivity index (χ0) is 17.7. The number of fused-ring (bicyclic) bond motifs is 3. The van der Waals surface area contributed by atoms with E-state index in [9.17, 15) is 4.79 Å². The summed E-state index contributed by atoms with van der Waals surface area (Å²) in [5.41, 5.74) is 3.70. The highest BCUT2D eigenvalue weighted by Gasteiger charge is 2.39. The number of piperidine rings is 1. The van der Waals surface area contributed by atoms with Crippen LogP contribution in [-0.2, 0) is 0 Å². The molecule has 2 fully saturated rings. The molecule has 5 nitrogen and oxygen atoms in total. The van der Waals surface area contributed by atoms with Crippen molar-refractivity contribution >= 4 is 28.1 Å². The molecule has 2 aliphatic rings. The first kappa shape index (κ1) is 16.0. The average molecular weight is 366 g/mol. The van der Waals surface area contributed by atoms with Crippen LogP contribution in [0.3, 0.4) is 0 Å². The topological polar surface area (TPSA) is 61.0 Å². The Morgan fingerprint density at radius 1 is 1.23 bits per heavy atom. The number of hydrogen-bond acceptors (Lipinski definition) is 4. The van der Waals surface area contributed by atoms with Crippen LogP contribution in [-0.4, -0.2) is 46.2 Å². The van der Waals surface area contributed by atoms with E-state index in [4.69, 9.17) is 0 Å². The number of nitrogens with zero attached hydrogens (tertiary/aromatic N) is 2. The third-order valence-corrected chi connectivity index (χ3v) is 6.75. The van der Waals surface area contributed by atoms with Gasteiger partial charge in [0, 0.05) is 23.5 Å². The summed E-state index contributed by atoms with van der Waals surface area (Å²) < 4.78 is 0. The summed E-state index contributed by atoms with van der Waals surface area (Å²) in [6, 6.07) is 9.71. The van der Waals surface area contributed by atoms with Crippen LogP contribution >= 0.6 is 11.3 Å². The van der Waals surface area contributed by atoms with Gasteiger partial charge in [0.25, 0.3) is 5.91 Å². The van der Waals surface area contributed by atoms with Crippen molar-refractivity contribution in [3.63, 3.8) is 0 Å². The minimum absolute atomic E-state index is 0.0623. The minimum Gasteiger partial charge on any atom is -0.348 e. The first-order valence-corrected chi connectivity index (χ1v) is 10.2. The molecule has 5 rings (SSSR count). The van der Waals surface area contributed by atoms with Crippen LogP contribution in [0.2, 0.25) is 0 Å². The predicted octanol–water partition coefficient (Wildman–Crippen LogP) is 3.65. The molecule has 0 saturated carbocycles. The predicted molar refractivity (Wildman–Crippen MR) is 104 cm³/mol. The van der Waals surface area contributed by atoms with Crippen molar-refractivity contribution in [1.29, 1.82) is 0 Å². The number of thiophene rings is 1. The molecule has 4 heterocycles. The maximum Gasteiger partial charge on any atom is 0.272 e. The van der Waals surface area contributed by atoms with Gasteiger partial charge < -0.3 is 10.2 Å².